The van der Waals surface area contributed by atoms with E-state index in [-0.39, 0.29) is 0 Å². The molecule has 0 amide bonds. The van der Waals surface area contributed by atoms with Crippen molar-refractivity contribution < 1.29 is 4.74 Å². The molecule has 0 aliphatic heterocycles. The van der Waals surface area contributed by atoms with Crippen molar-refractivity contribution in [1.29, 1.82) is 0 Å². The molecule has 1 heterocycles. The summed E-state index contributed by atoms with van der Waals surface area (Å²) in [5.74, 6) is 0.855. The lowest BCUT2D eigenvalue weighted by Gasteiger charge is -2.07. The van der Waals surface area contributed by atoms with Crippen LogP contribution >= 0.6 is 15.9 Å². The summed E-state index contributed by atoms with van der Waals surface area (Å²) >= 11 is 3.41. The lowest BCUT2D eigenvalue weighted by atomic mass is 10.1. The molecule has 0 atom stereocenters. The predicted molar refractivity (Wildman–Crippen MR) is 72.2 cm³/mol. The Kier molecular flexibility index (Phi) is 4.56. The van der Waals surface area contributed by atoms with Crippen LogP contribution in [0.25, 0.3) is 0 Å². The third kappa shape index (κ3) is 3.86. The first-order chi connectivity index (χ1) is 8.36. The number of benzene rings is 1. The van der Waals surface area contributed by atoms with E-state index < -0.39 is 0 Å². The van der Waals surface area contributed by atoms with Crippen LogP contribution < -0.4 is 4.74 Å². The van der Waals surface area contributed by atoms with Crippen molar-refractivity contribution in [3.8, 4) is 5.75 Å². The topological polar surface area (TPSA) is 22.1 Å². The summed E-state index contributed by atoms with van der Waals surface area (Å²) in [6.07, 6.45) is 5.53. The Morgan fingerprint density at radius 2 is 1.94 bits per heavy atom. The molecule has 0 aliphatic rings. The fourth-order valence-corrected chi connectivity index (χ4v) is 1.95. The molecule has 2 nitrogen and oxygen atoms in total. The van der Waals surface area contributed by atoms with Crippen LogP contribution in [0.3, 0.4) is 0 Å². The molecule has 0 aliphatic carbocycles. The van der Waals surface area contributed by atoms with E-state index >= 15 is 0 Å². The van der Waals surface area contributed by atoms with Gasteiger partial charge in [-0.05, 0) is 40.4 Å². The van der Waals surface area contributed by atoms with Gasteiger partial charge in [0.05, 0.1) is 11.1 Å². The Balaban J connectivity index is 1.76. The highest BCUT2D eigenvalue weighted by molar-refractivity contribution is 9.10. The molecule has 0 spiro atoms. The molecule has 2 aromatic rings. The second-order valence-corrected chi connectivity index (χ2v) is 4.60. The Morgan fingerprint density at radius 3 is 2.71 bits per heavy atom. The van der Waals surface area contributed by atoms with E-state index in [1.165, 1.54) is 5.56 Å². The molecule has 88 valence electrons. The van der Waals surface area contributed by atoms with Crippen LogP contribution in [0.1, 0.15) is 12.0 Å². The minimum absolute atomic E-state index is 0.720. The molecule has 17 heavy (non-hydrogen) atoms. The van der Waals surface area contributed by atoms with Gasteiger partial charge in [-0.25, -0.2) is 0 Å². The van der Waals surface area contributed by atoms with Gasteiger partial charge in [0.15, 0.2) is 0 Å². The van der Waals surface area contributed by atoms with Gasteiger partial charge in [-0.3, -0.25) is 4.98 Å². The van der Waals surface area contributed by atoms with Crippen LogP contribution in [0.5, 0.6) is 5.75 Å². The second kappa shape index (κ2) is 6.40. The highest BCUT2D eigenvalue weighted by atomic mass is 79.9. The average molecular weight is 292 g/mol. The first-order valence-electron chi connectivity index (χ1n) is 5.62. The number of nitrogens with zero attached hydrogens (tertiary/aromatic N) is 1. The number of pyridine rings is 1. The number of ether oxygens (including phenoxy) is 1. The summed E-state index contributed by atoms with van der Waals surface area (Å²) in [5.41, 5.74) is 1.35. The van der Waals surface area contributed by atoms with Crippen molar-refractivity contribution in [2.45, 2.75) is 12.8 Å². The van der Waals surface area contributed by atoms with Crippen molar-refractivity contribution in [1.82, 2.24) is 4.98 Å². The molecule has 3 heteroatoms. The molecule has 0 radical (unpaired) electrons. The Bertz CT molecular complexity index is 459. The van der Waals surface area contributed by atoms with E-state index in [0.29, 0.717) is 0 Å². The summed E-state index contributed by atoms with van der Waals surface area (Å²) in [6.45, 7) is 0.720. The first kappa shape index (κ1) is 12.1. The van der Waals surface area contributed by atoms with E-state index in [4.69, 9.17) is 4.74 Å². The van der Waals surface area contributed by atoms with Gasteiger partial charge in [0, 0.05) is 12.4 Å². The number of hydrogen-bond donors (Lipinski definition) is 0. The molecular formula is C14H14BrNO. The van der Waals surface area contributed by atoms with E-state index in [9.17, 15) is 0 Å². The van der Waals surface area contributed by atoms with E-state index in [0.717, 1.165) is 29.7 Å². The lowest BCUT2D eigenvalue weighted by molar-refractivity contribution is 0.309. The van der Waals surface area contributed by atoms with Crippen LogP contribution in [0, 0.1) is 0 Å². The zero-order chi connectivity index (χ0) is 11.9. The smallest absolute Gasteiger partial charge is 0.136 e. The van der Waals surface area contributed by atoms with Gasteiger partial charge in [-0.15, -0.1) is 0 Å². The Hall–Kier alpha value is -1.35. The summed E-state index contributed by atoms with van der Waals surface area (Å²) in [5, 5.41) is 0. The molecule has 0 N–H and O–H groups in total. The van der Waals surface area contributed by atoms with Gasteiger partial charge in [0.2, 0.25) is 0 Å². The van der Waals surface area contributed by atoms with Crippen molar-refractivity contribution in [2.24, 2.45) is 0 Å². The average Bonchev–Trinajstić information content (AvgIpc) is 2.38. The molecule has 0 saturated carbocycles. The third-order valence-corrected chi connectivity index (χ3v) is 3.04. The van der Waals surface area contributed by atoms with E-state index in [1.54, 1.807) is 12.4 Å². The van der Waals surface area contributed by atoms with Crippen LogP contribution in [0.15, 0.2) is 53.3 Å². The molecule has 2 rings (SSSR count). The summed E-state index contributed by atoms with van der Waals surface area (Å²) < 4.78 is 6.57. The second-order valence-electron chi connectivity index (χ2n) is 3.74. The maximum absolute atomic E-state index is 5.67. The highest BCUT2D eigenvalue weighted by Crippen LogP contribution is 2.22. The molecule has 1 aromatic carbocycles. The SMILES string of the molecule is Brc1cnccc1OCCCc1ccccc1. The zero-order valence-corrected chi connectivity index (χ0v) is 11.1. The van der Waals surface area contributed by atoms with Crippen molar-refractivity contribution in [3.05, 3.63) is 58.8 Å². The van der Waals surface area contributed by atoms with E-state index in [1.807, 2.05) is 12.1 Å². The van der Waals surface area contributed by atoms with Crippen LogP contribution in [0.4, 0.5) is 0 Å². The minimum Gasteiger partial charge on any atom is -0.492 e. The van der Waals surface area contributed by atoms with Crippen molar-refractivity contribution in [3.63, 3.8) is 0 Å². The number of hydrogen-bond acceptors (Lipinski definition) is 2. The quantitative estimate of drug-likeness (QED) is 0.781. The van der Waals surface area contributed by atoms with Gasteiger partial charge in [0.1, 0.15) is 5.75 Å². The maximum atomic E-state index is 5.67. The number of aryl methyl sites for hydroxylation is 1. The van der Waals surface area contributed by atoms with Gasteiger partial charge < -0.3 is 4.74 Å². The number of halogens is 1. The monoisotopic (exact) mass is 291 g/mol. The Labute approximate surface area is 110 Å². The van der Waals surface area contributed by atoms with E-state index in [2.05, 4.69) is 45.2 Å². The minimum atomic E-state index is 0.720. The molecule has 0 fully saturated rings. The molecule has 1 aromatic heterocycles. The fraction of sp³-hybridized carbons (Fsp3) is 0.214. The number of aromatic nitrogens is 1. The molecule has 0 bridgehead atoms. The van der Waals surface area contributed by atoms with Crippen molar-refractivity contribution >= 4 is 15.9 Å². The maximum Gasteiger partial charge on any atom is 0.136 e. The molecule has 0 saturated heterocycles. The van der Waals surface area contributed by atoms with Crippen LogP contribution in [-0.4, -0.2) is 11.6 Å². The largest absolute Gasteiger partial charge is 0.492 e. The lowest BCUT2D eigenvalue weighted by Crippen LogP contribution is -2.00. The molecular weight excluding hydrogens is 278 g/mol. The summed E-state index contributed by atoms with van der Waals surface area (Å²) in [7, 11) is 0. The van der Waals surface area contributed by atoms with Crippen LogP contribution in [-0.2, 0) is 6.42 Å². The van der Waals surface area contributed by atoms with Crippen LogP contribution in [0.2, 0.25) is 0 Å². The van der Waals surface area contributed by atoms with Gasteiger partial charge in [-0.1, -0.05) is 30.3 Å². The fourth-order valence-electron chi connectivity index (χ4n) is 1.58. The summed E-state index contributed by atoms with van der Waals surface area (Å²) in [4.78, 5) is 3.99. The van der Waals surface area contributed by atoms with Gasteiger partial charge in [0.25, 0.3) is 0 Å². The zero-order valence-electron chi connectivity index (χ0n) is 9.47. The normalized spacial score (nSPS) is 10.2. The summed E-state index contributed by atoms with van der Waals surface area (Å²) in [6, 6.07) is 12.3. The van der Waals surface area contributed by atoms with Gasteiger partial charge >= 0.3 is 0 Å². The first-order valence-corrected chi connectivity index (χ1v) is 6.42. The third-order valence-electron chi connectivity index (χ3n) is 2.45. The van der Waals surface area contributed by atoms with Gasteiger partial charge in [-0.2, -0.15) is 0 Å². The van der Waals surface area contributed by atoms with Crippen molar-refractivity contribution in [2.75, 3.05) is 6.61 Å². The number of rotatable bonds is 5. The Morgan fingerprint density at radius 1 is 1.12 bits per heavy atom. The highest BCUT2D eigenvalue weighted by Gasteiger charge is 1.99. The predicted octanol–water partition coefficient (Wildman–Crippen LogP) is 3.86. The standard InChI is InChI=1S/C14H14BrNO/c15-13-11-16-9-8-14(13)17-10-4-7-12-5-2-1-3-6-12/h1-3,5-6,8-9,11H,4,7,10H2. The molecule has 0 unspecified atom stereocenters.